The van der Waals surface area contributed by atoms with Gasteiger partial charge in [0, 0.05) is 12.6 Å². The number of amides is 1. The molecular formula is C28H36FNO4. The highest BCUT2D eigenvalue weighted by Gasteiger charge is 2.46. The Kier molecular flexibility index (Phi) is 5.61. The molecule has 5 unspecified atom stereocenters. The van der Waals surface area contributed by atoms with Crippen LogP contribution in [-0.4, -0.2) is 41.1 Å². The number of benzene rings is 1. The zero-order valence-electron chi connectivity index (χ0n) is 20.0. The van der Waals surface area contributed by atoms with Crippen LogP contribution in [0.2, 0.25) is 0 Å². The molecule has 0 radical (unpaired) electrons. The van der Waals surface area contributed by atoms with Crippen molar-refractivity contribution in [2.75, 3.05) is 13.2 Å². The number of nitrogens with zero attached hydrogens (tertiary/aromatic N) is 1. The molecule has 184 valence electrons. The van der Waals surface area contributed by atoms with Gasteiger partial charge in [0.05, 0.1) is 12.2 Å². The Labute approximate surface area is 201 Å². The van der Waals surface area contributed by atoms with Gasteiger partial charge in [0.25, 0.3) is 5.91 Å². The summed E-state index contributed by atoms with van der Waals surface area (Å²) < 4.78 is 21.6. The van der Waals surface area contributed by atoms with E-state index in [1.54, 1.807) is 6.07 Å². The molecule has 1 heterocycles. The summed E-state index contributed by atoms with van der Waals surface area (Å²) in [6, 6.07) is 2.16. The predicted octanol–water partition coefficient (Wildman–Crippen LogP) is 5.48. The summed E-state index contributed by atoms with van der Waals surface area (Å²) in [5.74, 6) is 2.53. The van der Waals surface area contributed by atoms with Gasteiger partial charge in [-0.25, -0.2) is 9.18 Å². The number of fused-ring (bicyclic) bond motifs is 2. The monoisotopic (exact) mass is 469 g/mol. The summed E-state index contributed by atoms with van der Waals surface area (Å²) in [5, 5.41) is 9.61. The largest absolute Gasteiger partial charge is 0.493 e. The van der Waals surface area contributed by atoms with Crippen LogP contribution in [0.3, 0.4) is 0 Å². The topological polar surface area (TPSA) is 66.8 Å². The summed E-state index contributed by atoms with van der Waals surface area (Å²) in [6.45, 7) is 2.82. The molecule has 6 heteroatoms. The van der Waals surface area contributed by atoms with E-state index in [1.165, 1.54) is 49.5 Å². The molecule has 3 bridgehead atoms. The van der Waals surface area contributed by atoms with Gasteiger partial charge in [-0.05, 0) is 104 Å². The molecule has 7 atom stereocenters. The maximum atomic E-state index is 15.3. The van der Waals surface area contributed by atoms with Crippen LogP contribution in [0, 0.1) is 41.3 Å². The molecule has 1 aromatic rings. The van der Waals surface area contributed by atoms with E-state index in [-0.39, 0.29) is 11.5 Å². The number of carbonyl (C=O) groups excluding carboxylic acids is 1. The van der Waals surface area contributed by atoms with E-state index in [0.29, 0.717) is 37.2 Å². The highest BCUT2D eigenvalue weighted by Crippen LogP contribution is 2.55. The summed E-state index contributed by atoms with van der Waals surface area (Å²) >= 11 is 0. The third-order valence-electron chi connectivity index (χ3n) is 9.71. The summed E-state index contributed by atoms with van der Waals surface area (Å²) in [7, 11) is 0. The van der Waals surface area contributed by atoms with E-state index in [4.69, 9.17) is 4.74 Å². The van der Waals surface area contributed by atoms with Crippen LogP contribution < -0.4 is 4.74 Å². The van der Waals surface area contributed by atoms with Crippen molar-refractivity contribution < 1.29 is 23.8 Å². The van der Waals surface area contributed by atoms with Crippen molar-refractivity contribution in [2.45, 2.75) is 76.7 Å². The lowest BCUT2D eigenvalue weighted by Crippen LogP contribution is -2.44. The Morgan fingerprint density at radius 3 is 2.62 bits per heavy atom. The first-order valence-electron chi connectivity index (χ1n) is 13.4. The molecule has 0 aromatic heterocycles. The minimum atomic E-state index is -1.02. The molecule has 1 N–H and O–H groups in total. The Hall–Kier alpha value is -2.11. The lowest BCUT2D eigenvalue weighted by Gasteiger charge is -2.52. The number of rotatable bonds is 6. The van der Waals surface area contributed by atoms with Crippen molar-refractivity contribution in [1.82, 2.24) is 4.90 Å². The predicted molar refractivity (Wildman–Crippen MR) is 125 cm³/mol. The fraction of sp³-hybridized carbons (Fsp3) is 0.714. The molecular weight excluding hydrogens is 433 g/mol. The molecule has 5 aliphatic rings. The van der Waals surface area contributed by atoms with Gasteiger partial charge in [-0.15, -0.1) is 0 Å². The Morgan fingerprint density at radius 2 is 1.85 bits per heavy atom. The first kappa shape index (κ1) is 22.4. The van der Waals surface area contributed by atoms with Crippen molar-refractivity contribution in [2.24, 2.45) is 35.5 Å². The summed E-state index contributed by atoms with van der Waals surface area (Å²) in [6.07, 6.45) is 10.7. The molecule has 1 saturated heterocycles. The zero-order valence-corrected chi connectivity index (χ0v) is 20.0. The minimum Gasteiger partial charge on any atom is -0.493 e. The van der Waals surface area contributed by atoms with Crippen LogP contribution in [0.15, 0.2) is 12.1 Å². The fourth-order valence-electron chi connectivity index (χ4n) is 7.95. The number of carboxylic acid groups (broad SMARTS) is 1. The van der Waals surface area contributed by atoms with Crippen LogP contribution in [0.1, 0.15) is 86.6 Å². The van der Waals surface area contributed by atoms with E-state index in [1.807, 2.05) is 6.92 Å². The number of carboxylic acids is 1. The smallest absolute Gasteiger partial charge is 0.326 e. The van der Waals surface area contributed by atoms with Crippen LogP contribution in [0.5, 0.6) is 5.75 Å². The number of ether oxygens (including phenoxy) is 1. The van der Waals surface area contributed by atoms with Crippen LogP contribution in [0.4, 0.5) is 4.39 Å². The fourth-order valence-corrected chi connectivity index (χ4v) is 7.95. The molecule has 6 rings (SSSR count). The van der Waals surface area contributed by atoms with E-state index in [2.05, 4.69) is 0 Å². The van der Waals surface area contributed by atoms with Gasteiger partial charge >= 0.3 is 5.97 Å². The Balaban J connectivity index is 1.22. The molecule has 1 amide bonds. The summed E-state index contributed by atoms with van der Waals surface area (Å²) in [5.41, 5.74) is 0.906. The second kappa shape index (κ2) is 8.53. The number of halogens is 1. The maximum absolute atomic E-state index is 15.3. The number of aliphatic carboxylic acids is 1. The SMILES string of the molecule is C[C@H]1CCN(C(=O)c2cc(C3CC3)c(OCC3CC4CC5CCC3C(C5)C4)cc2F)[C@@H]1C(=O)O. The van der Waals surface area contributed by atoms with Crippen molar-refractivity contribution in [1.29, 1.82) is 0 Å². The summed E-state index contributed by atoms with van der Waals surface area (Å²) in [4.78, 5) is 26.3. The molecule has 34 heavy (non-hydrogen) atoms. The number of carbonyl (C=O) groups is 2. The maximum Gasteiger partial charge on any atom is 0.326 e. The highest BCUT2D eigenvalue weighted by molar-refractivity contribution is 5.97. The Bertz CT molecular complexity index is 985. The van der Waals surface area contributed by atoms with E-state index in [9.17, 15) is 14.7 Å². The normalized spacial score (nSPS) is 36.5. The molecule has 1 aromatic carbocycles. The third kappa shape index (κ3) is 3.91. The lowest BCUT2D eigenvalue weighted by atomic mass is 9.54. The molecule has 1 aliphatic heterocycles. The molecule has 4 aliphatic carbocycles. The van der Waals surface area contributed by atoms with Gasteiger partial charge in [0.2, 0.25) is 0 Å². The van der Waals surface area contributed by atoms with Crippen molar-refractivity contribution in [3.63, 3.8) is 0 Å². The number of hydrogen-bond acceptors (Lipinski definition) is 3. The standard InChI is InChI=1S/C28H36FNO4/c1-15-6-7-30(26(15)28(32)33)27(31)23-12-22(18-3-4-18)25(13-24(23)29)34-14-20-11-17-8-16-2-5-21(20)19(9-16)10-17/h12-13,15-21,26H,2-11,14H2,1H3,(H,32,33)/t15-,16?,17?,19?,20?,21?,26-/m0/s1. The van der Waals surface area contributed by atoms with E-state index < -0.39 is 23.7 Å². The van der Waals surface area contributed by atoms with E-state index >= 15 is 4.39 Å². The average molecular weight is 470 g/mol. The average Bonchev–Trinajstić information content (AvgIpc) is 3.56. The van der Waals surface area contributed by atoms with Crippen molar-refractivity contribution in [3.8, 4) is 5.75 Å². The van der Waals surface area contributed by atoms with Gasteiger partial charge in [0.1, 0.15) is 17.6 Å². The minimum absolute atomic E-state index is 0.0138. The van der Waals surface area contributed by atoms with Gasteiger partial charge in [-0.2, -0.15) is 0 Å². The molecule has 5 nitrogen and oxygen atoms in total. The molecule has 0 spiro atoms. The second-order valence-electron chi connectivity index (χ2n) is 11.9. The zero-order chi connectivity index (χ0) is 23.6. The van der Waals surface area contributed by atoms with Crippen LogP contribution in [0.25, 0.3) is 0 Å². The second-order valence-corrected chi connectivity index (χ2v) is 11.9. The highest BCUT2D eigenvalue weighted by atomic mass is 19.1. The molecule has 5 fully saturated rings. The van der Waals surface area contributed by atoms with E-state index in [0.717, 1.165) is 42.1 Å². The van der Waals surface area contributed by atoms with Crippen molar-refractivity contribution >= 4 is 11.9 Å². The van der Waals surface area contributed by atoms with Crippen LogP contribution >= 0.6 is 0 Å². The first-order valence-corrected chi connectivity index (χ1v) is 13.4. The van der Waals surface area contributed by atoms with Crippen LogP contribution in [-0.2, 0) is 4.79 Å². The quantitative estimate of drug-likeness (QED) is 0.599. The number of likely N-dealkylation sites (tertiary alicyclic amines) is 1. The first-order chi connectivity index (χ1) is 16.4. The number of hydrogen-bond donors (Lipinski definition) is 1. The van der Waals surface area contributed by atoms with Gasteiger partial charge < -0.3 is 14.7 Å². The third-order valence-corrected chi connectivity index (χ3v) is 9.71. The van der Waals surface area contributed by atoms with Gasteiger partial charge in [0.15, 0.2) is 0 Å². The molecule has 4 saturated carbocycles. The Morgan fingerprint density at radius 1 is 1.06 bits per heavy atom. The van der Waals surface area contributed by atoms with Gasteiger partial charge in [-0.1, -0.05) is 13.3 Å². The van der Waals surface area contributed by atoms with Crippen molar-refractivity contribution in [3.05, 3.63) is 29.1 Å². The lowest BCUT2D eigenvalue weighted by molar-refractivity contribution is -0.142. The van der Waals surface area contributed by atoms with Gasteiger partial charge in [-0.3, -0.25) is 4.79 Å².